The molecular weight excluding hydrogens is 332 g/mol. The lowest BCUT2D eigenvalue weighted by molar-refractivity contribution is -0.115. The van der Waals surface area contributed by atoms with Gasteiger partial charge in [-0.05, 0) is 46.3 Å². The van der Waals surface area contributed by atoms with Crippen LogP contribution in [-0.4, -0.2) is 33.2 Å². The van der Waals surface area contributed by atoms with Gasteiger partial charge in [-0.15, -0.1) is 5.10 Å². The maximum Gasteiger partial charge on any atom is 0.228 e. The van der Waals surface area contributed by atoms with E-state index in [-0.39, 0.29) is 17.9 Å². The molecule has 0 unspecified atom stereocenters. The number of anilines is 1. The second-order valence-corrected chi connectivity index (χ2v) is 5.11. The van der Waals surface area contributed by atoms with Gasteiger partial charge >= 0.3 is 0 Å². The van der Waals surface area contributed by atoms with E-state index in [9.17, 15) is 13.6 Å². The van der Waals surface area contributed by atoms with Gasteiger partial charge in [0.1, 0.15) is 12.1 Å². The summed E-state index contributed by atoms with van der Waals surface area (Å²) in [6.45, 7) is 0. The summed E-state index contributed by atoms with van der Waals surface area (Å²) in [5.74, 6) is -1.58. The Hall–Kier alpha value is -3.36. The fourth-order valence-corrected chi connectivity index (χ4v) is 2.23. The van der Waals surface area contributed by atoms with Crippen molar-refractivity contribution in [2.45, 2.75) is 6.42 Å². The SMILES string of the molecule is COc1ccc(CC(=O)Nc2cc(-n3cnnn3)ccc2F)cc1F. The molecule has 25 heavy (non-hydrogen) atoms. The van der Waals surface area contributed by atoms with Crippen LogP contribution in [-0.2, 0) is 11.2 Å². The van der Waals surface area contributed by atoms with Crippen LogP contribution in [0.4, 0.5) is 14.5 Å². The van der Waals surface area contributed by atoms with Crippen LogP contribution in [0.15, 0.2) is 42.7 Å². The first-order valence-corrected chi connectivity index (χ1v) is 7.22. The van der Waals surface area contributed by atoms with E-state index in [0.717, 1.165) is 0 Å². The predicted octanol–water partition coefficient (Wildman–Crippen LogP) is 2.13. The molecule has 3 aromatic rings. The Balaban J connectivity index is 1.74. The summed E-state index contributed by atoms with van der Waals surface area (Å²) in [6.07, 6.45) is 1.23. The number of nitrogens with one attached hydrogen (secondary N) is 1. The van der Waals surface area contributed by atoms with Gasteiger partial charge < -0.3 is 10.1 Å². The lowest BCUT2D eigenvalue weighted by Gasteiger charge is -2.09. The van der Waals surface area contributed by atoms with Crippen LogP contribution < -0.4 is 10.1 Å². The molecule has 0 atom stereocenters. The number of halogens is 2. The second-order valence-electron chi connectivity index (χ2n) is 5.11. The third-order valence-electron chi connectivity index (χ3n) is 3.42. The number of benzene rings is 2. The molecule has 1 aromatic heterocycles. The maximum atomic E-state index is 13.9. The third kappa shape index (κ3) is 3.77. The molecule has 0 fully saturated rings. The molecule has 7 nitrogen and oxygen atoms in total. The highest BCUT2D eigenvalue weighted by Gasteiger charge is 2.12. The standard InChI is InChI=1S/C16H13F2N5O2/c1-25-15-5-2-10(6-13(15)18)7-16(24)20-14-8-11(3-4-12(14)17)23-9-19-21-22-23/h2-6,8-9H,7H2,1H3,(H,20,24). The Morgan fingerprint density at radius 2 is 2.04 bits per heavy atom. The number of ether oxygens (including phenoxy) is 1. The molecule has 0 saturated carbocycles. The maximum absolute atomic E-state index is 13.9. The summed E-state index contributed by atoms with van der Waals surface area (Å²) >= 11 is 0. The Bertz CT molecular complexity index is 900. The number of aromatic nitrogens is 4. The minimum atomic E-state index is -0.605. The first-order valence-electron chi connectivity index (χ1n) is 7.22. The molecule has 3 rings (SSSR count). The van der Waals surface area contributed by atoms with E-state index >= 15 is 0 Å². The van der Waals surface area contributed by atoms with Gasteiger partial charge in [0.05, 0.1) is 24.9 Å². The second kappa shape index (κ2) is 7.04. The van der Waals surface area contributed by atoms with Gasteiger partial charge in [-0.1, -0.05) is 6.07 Å². The molecule has 0 saturated heterocycles. The van der Waals surface area contributed by atoms with Gasteiger partial charge in [0.25, 0.3) is 0 Å². The Kier molecular flexibility index (Phi) is 4.64. The molecule has 0 spiro atoms. The first-order chi connectivity index (χ1) is 12.1. The molecule has 9 heteroatoms. The first kappa shape index (κ1) is 16.5. The monoisotopic (exact) mass is 345 g/mol. The summed E-state index contributed by atoms with van der Waals surface area (Å²) in [6, 6.07) is 8.26. The van der Waals surface area contributed by atoms with Crippen molar-refractivity contribution in [3.63, 3.8) is 0 Å². The van der Waals surface area contributed by atoms with E-state index in [4.69, 9.17) is 4.74 Å². The molecule has 0 aliphatic rings. The molecule has 1 N–H and O–H groups in total. The van der Waals surface area contributed by atoms with Crippen LogP contribution >= 0.6 is 0 Å². The molecular formula is C16H13F2N5O2. The van der Waals surface area contributed by atoms with Gasteiger partial charge in [0.15, 0.2) is 11.6 Å². The summed E-state index contributed by atoms with van der Waals surface area (Å²) < 4.78 is 33.7. The van der Waals surface area contributed by atoms with Gasteiger partial charge in [-0.2, -0.15) is 0 Å². The number of tetrazole rings is 1. The lowest BCUT2D eigenvalue weighted by Crippen LogP contribution is -2.16. The van der Waals surface area contributed by atoms with Crippen LogP contribution in [0.5, 0.6) is 5.75 Å². The zero-order valence-corrected chi connectivity index (χ0v) is 13.1. The fraction of sp³-hybridized carbons (Fsp3) is 0.125. The molecule has 1 amide bonds. The van der Waals surface area contributed by atoms with Gasteiger partial charge in [-0.25, -0.2) is 13.5 Å². The zero-order chi connectivity index (χ0) is 17.8. The van der Waals surface area contributed by atoms with Crippen molar-refractivity contribution in [3.8, 4) is 11.4 Å². The van der Waals surface area contributed by atoms with E-state index in [1.54, 1.807) is 6.07 Å². The largest absolute Gasteiger partial charge is 0.494 e. The summed E-state index contributed by atoms with van der Waals surface area (Å²) in [7, 11) is 1.35. The average Bonchev–Trinajstić information content (AvgIpc) is 3.11. The molecule has 128 valence electrons. The quantitative estimate of drug-likeness (QED) is 0.766. The molecule has 0 aliphatic carbocycles. The van der Waals surface area contributed by atoms with Crippen molar-refractivity contribution in [2.75, 3.05) is 12.4 Å². The molecule has 0 radical (unpaired) electrons. The van der Waals surface area contributed by atoms with Crippen molar-refractivity contribution >= 4 is 11.6 Å². The van der Waals surface area contributed by atoms with E-state index in [0.29, 0.717) is 11.3 Å². The fourth-order valence-electron chi connectivity index (χ4n) is 2.23. The number of hydrogen-bond acceptors (Lipinski definition) is 5. The van der Waals surface area contributed by atoms with E-state index in [2.05, 4.69) is 20.8 Å². The normalized spacial score (nSPS) is 10.5. The Labute approximate surface area is 141 Å². The van der Waals surface area contributed by atoms with Crippen LogP contribution in [0.2, 0.25) is 0 Å². The van der Waals surface area contributed by atoms with Crippen LogP contribution in [0.3, 0.4) is 0 Å². The van der Waals surface area contributed by atoms with Crippen molar-refractivity contribution in [2.24, 2.45) is 0 Å². The minimum Gasteiger partial charge on any atom is -0.494 e. The van der Waals surface area contributed by atoms with E-state index in [1.807, 2.05) is 0 Å². The number of carbonyl (C=O) groups excluding carboxylic acids is 1. The number of amides is 1. The minimum absolute atomic E-state index is 0.0213. The van der Waals surface area contributed by atoms with Gasteiger partial charge in [-0.3, -0.25) is 4.79 Å². The molecule has 0 aliphatic heterocycles. The number of carbonyl (C=O) groups is 1. The Morgan fingerprint density at radius 1 is 1.20 bits per heavy atom. The number of hydrogen-bond donors (Lipinski definition) is 1. The van der Waals surface area contributed by atoms with Gasteiger partial charge in [0.2, 0.25) is 5.91 Å². The molecule has 2 aromatic carbocycles. The van der Waals surface area contributed by atoms with Crippen LogP contribution in [0.1, 0.15) is 5.56 Å². The van der Waals surface area contributed by atoms with Crippen molar-refractivity contribution in [3.05, 3.63) is 59.9 Å². The van der Waals surface area contributed by atoms with E-state index in [1.165, 1.54) is 48.5 Å². The summed E-state index contributed by atoms with van der Waals surface area (Å²) in [5.41, 5.74) is 0.900. The number of nitrogens with zero attached hydrogens (tertiary/aromatic N) is 4. The van der Waals surface area contributed by atoms with Crippen molar-refractivity contribution < 1.29 is 18.3 Å². The zero-order valence-electron chi connectivity index (χ0n) is 13.1. The van der Waals surface area contributed by atoms with E-state index < -0.39 is 17.5 Å². The van der Waals surface area contributed by atoms with Crippen LogP contribution in [0, 0.1) is 11.6 Å². The smallest absolute Gasteiger partial charge is 0.228 e. The van der Waals surface area contributed by atoms with Crippen molar-refractivity contribution in [1.82, 2.24) is 20.2 Å². The Morgan fingerprint density at radius 3 is 2.72 bits per heavy atom. The third-order valence-corrected chi connectivity index (χ3v) is 3.42. The van der Waals surface area contributed by atoms with Gasteiger partial charge in [0, 0.05) is 0 Å². The molecule has 1 heterocycles. The van der Waals surface area contributed by atoms with Crippen LogP contribution in [0.25, 0.3) is 5.69 Å². The lowest BCUT2D eigenvalue weighted by atomic mass is 10.1. The number of rotatable bonds is 5. The molecule has 0 bridgehead atoms. The highest BCUT2D eigenvalue weighted by Crippen LogP contribution is 2.20. The predicted molar refractivity (Wildman–Crippen MR) is 84.4 cm³/mol. The topological polar surface area (TPSA) is 81.9 Å². The highest BCUT2D eigenvalue weighted by molar-refractivity contribution is 5.92. The summed E-state index contributed by atoms with van der Waals surface area (Å²) in [5, 5.41) is 13.1. The average molecular weight is 345 g/mol. The highest BCUT2D eigenvalue weighted by atomic mass is 19.1. The summed E-state index contributed by atoms with van der Waals surface area (Å²) in [4.78, 5) is 12.1. The van der Waals surface area contributed by atoms with Crippen molar-refractivity contribution in [1.29, 1.82) is 0 Å². The number of methoxy groups -OCH3 is 1.